The van der Waals surface area contributed by atoms with Crippen LogP contribution in [0.3, 0.4) is 0 Å². The van der Waals surface area contributed by atoms with Crippen LogP contribution in [0.2, 0.25) is 0 Å². The van der Waals surface area contributed by atoms with Gasteiger partial charge in [-0.15, -0.1) is 0 Å². The van der Waals surface area contributed by atoms with E-state index in [0.29, 0.717) is 22.3 Å². The van der Waals surface area contributed by atoms with E-state index in [9.17, 15) is 19.3 Å². The molecule has 2 aromatic carbocycles. The maximum absolute atomic E-state index is 13.5. The first-order valence-electron chi connectivity index (χ1n) is 7.07. The number of aromatic nitrogens is 1. The third-order valence-electron chi connectivity index (χ3n) is 3.47. The molecule has 0 atom stereocenters. The highest BCUT2D eigenvalue weighted by atomic mass is 19.1. The van der Waals surface area contributed by atoms with E-state index in [0.717, 1.165) is 0 Å². The number of hydrogen-bond donors (Lipinski definition) is 1. The van der Waals surface area contributed by atoms with E-state index < -0.39 is 16.6 Å². The standard InChI is InChI=1S/C17H12FN3O3/c1-10-7-16(14-9-12(18)5-6-15(14)19-10)20-17(22)11-3-2-4-13(8-11)21(23)24/h2-9H,1H3,(H,19,20,22). The van der Waals surface area contributed by atoms with Crippen molar-refractivity contribution in [3.05, 3.63) is 75.7 Å². The van der Waals surface area contributed by atoms with Gasteiger partial charge in [-0.05, 0) is 37.3 Å². The zero-order valence-electron chi connectivity index (χ0n) is 12.6. The number of anilines is 1. The Balaban J connectivity index is 2.00. The van der Waals surface area contributed by atoms with Crippen LogP contribution in [0.5, 0.6) is 0 Å². The van der Waals surface area contributed by atoms with E-state index >= 15 is 0 Å². The minimum atomic E-state index is -0.571. The molecule has 0 aliphatic rings. The molecule has 0 bridgehead atoms. The number of aryl methyl sites for hydroxylation is 1. The maximum Gasteiger partial charge on any atom is 0.270 e. The molecule has 1 N–H and O–H groups in total. The highest BCUT2D eigenvalue weighted by Gasteiger charge is 2.14. The summed E-state index contributed by atoms with van der Waals surface area (Å²) in [5, 5.41) is 13.9. The Morgan fingerprint density at radius 3 is 2.75 bits per heavy atom. The number of hydrogen-bond acceptors (Lipinski definition) is 4. The molecular weight excluding hydrogens is 313 g/mol. The number of pyridine rings is 1. The minimum Gasteiger partial charge on any atom is -0.321 e. The minimum absolute atomic E-state index is 0.142. The predicted molar refractivity (Wildman–Crippen MR) is 87.5 cm³/mol. The Morgan fingerprint density at radius 2 is 2.00 bits per heavy atom. The number of fused-ring (bicyclic) bond motifs is 1. The van der Waals surface area contributed by atoms with Gasteiger partial charge in [0, 0.05) is 28.8 Å². The first-order valence-corrected chi connectivity index (χ1v) is 7.07. The molecule has 0 saturated carbocycles. The molecule has 0 aliphatic carbocycles. The fourth-order valence-corrected chi connectivity index (χ4v) is 2.39. The lowest BCUT2D eigenvalue weighted by Crippen LogP contribution is -2.13. The van der Waals surface area contributed by atoms with Crippen molar-refractivity contribution in [3.63, 3.8) is 0 Å². The Bertz CT molecular complexity index is 972. The number of carbonyl (C=O) groups excluding carboxylic acids is 1. The number of rotatable bonds is 3. The van der Waals surface area contributed by atoms with Crippen molar-refractivity contribution in [2.75, 3.05) is 5.32 Å². The molecule has 3 rings (SSSR count). The normalized spacial score (nSPS) is 10.6. The third kappa shape index (κ3) is 3.05. The van der Waals surface area contributed by atoms with E-state index in [1.165, 1.54) is 42.5 Å². The Kier molecular flexibility index (Phi) is 3.91. The first kappa shape index (κ1) is 15.5. The van der Waals surface area contributed by atoms with E-state index in [1.807, 2.05) is 0 Å². The van der Waals surface area contributed by atoms with Crippen LogP contribution in [0.1, 0.15) is 16.1 Å². The summed E-state index contributed by atoms with van der Waals surface area (Å²) in [6.45, 7) is 1.76. The summed E-state index contributed by atoms with van der Waals surface area (Å²) in [6.07, 6.45) is 0. The van der Waals surface area contributed by atoms with E-state index in [-0.39, 0.29) is 11.3 Å². The van der Waals surface area contributed by atoms with Crippen molar-refractivity contribution in [2.24, 2.45) is 0 Å². The molecule has 7 heteroatoms. The second-order valence-corrected chi connectivity index (χ2v) is 5.23. The molecule has 0 radical (unpaired) electrons. The summed E-state index contributed by atoms with van der Waals surface area (Å²) in [6, 6.07) is 11.1. The Labute approximate surface area is 136 Å². The fraction of sp³-hybridized carbons (Fsp3) is 0.0588. The van der Waals surface area contributed by atoms with E-state index in [1.54, 1.807) is 13.0 Å². The number of amides is 1. The van der Waals surface area contributed by atoms with Crippen LogP contribution in [0.25, 0.3) is 10.9 Å². The van der Waals surface area contributed by atoms with Gasteiger partial charge in [-0.2, -0.15) is 0 Å². The number of non-ortho nitro benzene ring substituents is 1. The first-order chi connectivity index (χ1) is 11.4. The van der Waals surface area contributed by atoms with Gasteiger partial charge in [0.25, 0.3) is 11.6 Å². The van der Waals surface area contributed by atoms with Crippen LogP contribution >= 0.6 is 0 Å². The number of halogens is 1. The van der Waals surface area contributed by atoms with Crippen molar-refractivity contribution < 1.29 is 14.1 Å². The Morgan fingerprint density at radius 1 is 1.21 bits per heavy atom. The second kappa shape index (κ2) is 6.04. The highest BCUT2D eigenvalue weighted by molar-refractivity contribution is 6.08. The van der Waals surface area contributed by atoms with Crippen LogP contribution < -0.4 is 5.32 Å². The lowest BCUT2D eigenvalue weighted by molar-refractivity contribution is -0.384. The fourth-order valence-electron chi connectivity index (χ4n) is 2.39. The van der Waals surface area contributed by atoms with Gasteiger partial charge in [0.2, 0.25) is 0 Å². The average molecular weight is 325 g/mol. The zero-order chi connectivity index (χ0) is 17.3. The smallest absolute Gasteiger partial charge is 0.270 e. The summed E-state index contributed by atoms with van der Waals surface area (Å²) in [5.41, 5.74) is 1.57. The van der Waals surface area contributed by atoms with E-state index in [4.69, 9.17) is 0 Å². The quantitative estimate of drug-likeness (QED) is 0.585. The lowest BCUT2D eigenvalue weighted by Gasteiger charge is -2.10. The molecule has 120 valence electrons. The molecule has 6 nitrogen and oxygen atoms in total. The summed E-state index contributed by atoms with van der Waals surface area (Å²) in [4.78, 5) is 26.9. The third-order valence-corrected chi connectivity index (χ3v) is 3.47. The van der Waals surface area contributed by atoms with Crippen LogP contribution in [0, 0.1) is 22.9 Å². The van der Waals surface area contributed by atoms with Crippen LogP contribution in [-0.2, 0) is 0 Å². The molecule has 24 heavy (non-hydrogen) atoms. The SMILES string of the molecule is Cc1cc(NC(=O)c2cccc([N+](=O)[O-])c2)c2cc(F)ccc2n1. The van der Waals surface area contributed by atoms with Crippen LogP contribution in [0.4, 0.5) is 15.8 Å². The van der Waals surface area contributed by atoms with Crippen molar-refractivity contribution in [2.45, 2.75) is 6.92 Å². The van der Waals surface area contributed by atoms with Gasteiger partial charge in [-0.3, -0.25) is 19.9 Å². The highest BCUT2D eigenvalue weighted by Crippen LogP contribution is 2.25. The van der Waals surface area contributed by atoms with Crippen molar-refractivity contribution in [1.29, 1.82) is 0 Å². The predicted octanol–water partition coefficient (Wildman–Crippen LogP) is 3.84. The molecule has 1 aromatic heterocycles. The molecule has 1 heterocycles. The largest absolute Gasteiger partial charge is 0.321 e. The van der Waals surface area contributed by atoms with Gasteiger partial charge in [-0.1, -0.05) is 6.07 Å². The van der Waals surface area contributed by atoms with Gasteiger partial charge in [0.1, 0.15) is 5.82 Å². The number of nitrogens with zero attached hydrogens (tertiary/aromatic N) is 2. The van der Waals surface area contributed by atoms with Crippen LogP contribution in [-0.4, -0.2) is 15.8 Å². The number of nitro benzene ring substituents is 1. The average Bonchev–Trinajstić information content (AvgIpc) is 2.55. The van der Waals surface area contributed by atoms with Gasteiger partial charge < -0.3 is 5.32 Å². The molecule has 0 aliphatic heterocycles. The number of carbonyl (C=O) groups is 1. The molecule has 0 unspecified atom stereocenters. The topological polar surface area (TPSA) is 85.1 Å². The van der Waals surface area contributed by atoms with Gasteiger partial charge in [0.05, 0.1) is 16.1 Å². The number of benzene rings is 2. The van der Waals surface area contributed by atoms with Gasteiger partial charge in [0.15, 0.2) is 0 Å². The molecule has 0 spiro atoms. The second-order valence-electron chi connectivity index (χ2n) is 5.23. The molecule has 3 aromatic rings. The monoisotopic (exact) mass is 325 g/mol. The Hall–Kier alpha value is -3.35. The molecule has 0 fully saturated rings. The van der Waals surface area contributed by atoms with Crippen molar-refractivity contribution >= 4 is 28.2 Å². The van der Waals surface area contributed by atoms with Crippen molar-refractivity contribution in [1.82, 2.24) is 4.98 Å². The maximum atomic E-state index is 13.5. The summed E-state index contributed by atoms with van der Waals surface area (Å²) < 4.78 is 13.5. The van der Waals surface area contributed by atoms with Crippen LogP contribution in [0.15, 0.2) is 48.5 Å². The van der Waals surface area contributed by atoms with Gasteiger partial charge in [-0.25, -0.2) is 4.39 Å². The lowest BCUT2D eigenvalue weighted by atomic mass is 10.1. The summed E-state index contributed by atoms with van der Waals surface area (Å²) >= 11 is 0. The number of nitrogens with one attached hydrogen (secondary N) is 1. The molecule has 0 saturated heterocycles. The van der Waals surface area contributed by atoms with Gasteiger partial charge >= 0.3 is 0 Å². The summed E-state index contributed by atoms with van der Waals surface area (Å²) in [7, 11) is 0. The molecular formula is C17H12FN3O3. The zero-order valence-corrected chi connectivity index (χ0v) is 12.6. The number of nitro groups is 1. The molecule has 1 amide bonds. The van der Waals surface area contributed by atoms with E-state index in [2.05, 4.69) is 10.3 Å². The summed E-state index contributed by atoms with van der Waals surface area (Å²) in [5.74, 6) is -0.964. The van der Waals surface area contributed by atoms with Crippen molar-refractivity contribution in [3.8, 4) is 0 Å².